The van der Waals surface area contributed by atoms with Crippen molar-refractivity contribution in [2.75, 3.05) is 6.61 Å². The number of nitrogens with two attached hydrogens (primary N) is 1. The summed E-state index contributed by atoms with van der Waals surface area (Å²) in [7, 11) is 0. The second-order valence-corrected chi connectivity index (χ2v) is 5.61. The van der Waals surface area contributed by atoms with Crippen LogP contribution in [0.25, 0.3) is 0 Å². The standard InChI is InChI=1S/C12H20N2OS/c1-9-14-11(8-16-9)6-10(13)7-12-4-2-3-5-15-12/h8,10,12H,2-7,13H2,1H3. The van der Waals surface area contributed by atoms with Crippen LogP contribution in [-0.4, -0.2) is 23.7 Å². The predicted molar refractivity (Wildman–Crippen MR) is 66.7 cm³/mol. The minimum Gasteiger partial charge on any atom is -0.378 e. The van der Waals surface area contributed by atoms with Crippen LogP contribution in [0.15, 0.2) is 5.38 Å². The number of rotatable bonds is 4. The molecule has 2 N–H and O–H groups in total. The minimum atomic E-state index is 0.185. The van der Waals surface area contributed by atoms with Gasteiger partial charge in [-0.2, -0.15) is 0 Å². The van der Waals surface area contributed by atoms with E-state index in [2.05, 4.69) is 10.4 Å². The highest BCUT2D eigenvalue weighted by Crippen LogP contribution is 2.18. The lowest BCUT2D eigenvalue weighted by Crippen LogP contribution is -2.31. The second-order valence-electron chi connectivity index (χ2n) is 4.55. The van der Waals surface area contributed by atoms with Gasteiger partial charge in [0.2, 0.25) is 0 Å². The van der Waals surface area contributed by atoms with Gasteiger partial charge in [0.05, 0.1) is 16.8 Å². The predicted octanol–water partition coefficient (Wildman–Crippen LogP) is 2.28. The first kappa shape index (κ1) is 12.0. The number of hydrogen-bond donors (Lipinski definition) is 1. The molecule has 90 valence electrons. The molecule has 16 heavy (non-hydrogen) atoms. The molecule has 1 aromatic rings. The maximum absolute atomic E-state index is 6.13. The van der Waals surface area contributed by atoms with Crippen LogP contribution in [0.5, 0.6) is 0 Å². The Morgan fingerprint density at radius 3 is 3.12 bits per heavy atom. The third kappa shape index (κ3) is 3.54. The third-order valence-corrected chi connectivity index (χ3v) is 3.80. The molecule has 0 spiro atoms. The lowest BCUT2D eigenvalue weighted by atomic mass is 10.00. The summed E-state index contributed by atoms with van der Waals surface area (Å²) < 4.78 is 5.69. The zero-order valence-corrected chi connectivity index (χ0v) is 10.6. The highest BCUT2D eigenvalue weighted by Gasteiger charge is 2.18. The van der Waals surface area contributed by atoms with Gasteiger partial charge in [0.1, 0.15) is 0 Å². The molecule has 0 aliphatic carbocycles. The minimum absolute atomic E-state index is 0.185. The van der Waals surface area contributed by atoms with E-state index in [-0.39, 0.29) is 6.04 Å². The van der Waals surface area contributed by atoms with Crippen LogP contribution in [0.2, 0.25) is 0 Å². The number of nitrogens with zero attached hydrogens (tertiary/aromatic N) is 1. The van der Waals surface area contributed by atoms with E-state index in [1.54, 1.807) is 11.3 Å². The Morgan fingerprint density at radius 2 is 2.50 bits per heavy atom. The SMILES string of the molecule is Cc1nc(CC(N)CC2CCCCO2)cs1. The van der Waals surface area contributed by atoms with Gasteiger partial charge in [-0.25, -0.2) is 4.98 Å². The second kappa shape index (κ2) is 5.75. The summed E-state index contributed by atoms with van der Waals surface area (Å²) in [5, 5.41) is 3.23. The number of thiazole rings is 1. The van der Waals surface area contributed by atoms with Crippen LogP contribution in [0.1, 0.15) is 36.4 Å². The molecule has 1 fully saturated rings. The molecule has 1 aromatic heterocycles. The van der Waals surface area contributed by atoms with Crippen molar-refractivity contribution in [3.63, 3.8) is 0 Å². The van der Waals surface area contributed by atoms with E-state index in [0.717, 1.165) is 30.2 Å². The Balaban J connectivity index is 1.77. The van der Waals surface area contributed by atoms with E-state index in [1.165, 1.54) is 19.3 Å². The molecule has 0 amide bonds. The molecular weight excluding hydrogens is 220 g/mol. The molecule has 3 nitrogen and oxygen atoms in total. The number of aromatic nitrogens is 1. The molecule has 1 aliphatic heterocycles. The largest absolute Gasteiger partial charge is 0.378 e. The summed E-state index contributed by atoms with van der Waals surface area (Å²) >= 11 is 1.69. The summed E-state index contributed by atoms with van der Waals surface area (Å²) in [4.78, 5) is 4.44. The first-order valence-electron chi connectivity index (χ1n) is 6.02. The Bertz CT molecular complexity index is 321. The van der Waals surface area contributed by atoms with Gasteiger partial charge in [-0.3, -0.25) is 0 Å². The van der Waals surface area contributed by atoms with Crippen molar-refractivity contribution in [3.8, 4) is 0 Å². The first-order chi connectivity index (χ1) is 7.74. The van der Waals surface area contributed by atoms with Gasteiger partial charge in [0.15, 0.2) is 0 Å². The number of ether oxygens (including phenoxy) is 1. The highest BCUT2D eigenvalue weighted by molar-refractivity contribution is 7.09. The summed E-state index contributed by atoms with van der Waals surface area (Å²) in [5.41, 5.74) is 7.26. The lowest BCUT2D eigenvalue weighted by Gasteiger charge is -2.24. The maximum Gasteiger partial charge on any atom is 0.0897 e. The van der Waals surface area contributed by atoms with Gasteiger partial charge in [-0.05, 0) is 32.6 Å². The molecule has 4 heteroatoms. The van der Waals surface area contributed by atoms with Crippen LogP contribution in [-0.2, 0) is 11.2 Å². The van der Waals surface area contributed by atoms with Gasteiger partial charge in [-0.15, -0.1) is 11.3 Å². The van der Waals surface area contributed by atoms with Crippen LogP contribution < -0.4 is 5.73 Å². The van der Waals surface area contributed by atoms with E-state index in [4.69, 9.17) is 10.5 Å². The van der Waals surface area contributed by atoms with Crippen molar-refractivity contribution in [1.29, 1.82) is 0 Å². The first-order valence-corrected chi connectivity index (χ1v) is 6.90. The number of hydrogen-bond acceptors (Lipinski definition) is 4. The van der Waals surface area contributed by atoms with Crippen LogP contribution in [0.4, 0.5) is 0 Å². The Hall–Kier alpha value is -0.450. The van der Waals surface area contributed by atoms with Crippen molar-refractivity contribution < 1.29 is 4.74 Å². The summed E-state index contributed by atoms with van der Waals surface area (Å²) in [6, 6.07) is 0.185. The van der Waals surface area contributed by atoms with Gasteiger partial charge in [-0.1, -0.05) is 0 Å². The van der Waals surface area contributed by atoms with Crippen molar-refractivity contribution in [1.82, 2.24) is 4.98 Å². The van der Waals surface area contributed by atoms with Crippen molar-refractivity contribution in [3.05, 3.63) is 16.1 Å². The molecule has 0 bridgehead atoms. The summed E-state index contributed by atoms with van der Waals surface area (Å²) in [6.45, 7) is 2.94. The van der Waals surface area contributed by atoms with Crippen molar-refractivity contribution in [2.45, 2.75) is 51.2 Å². The van der Waals surface area contributed by atoms with Gasteiger partial charge >= 0.3 is 0 Å². The van der Waals surface area contributed by atoms with Gasteiger partial charge in [0.25, 0.3) is 0 Å². The fourth-order valence-corrected chi connectivity index (χ4v) is 2.81. The molecule has 0 radical (unpaired) electrons. The topological polar surface area (TPSA) is 48.1 Å². The third-order valence-electron chi connectivity index (χ3n) is 2.98. The smallest absolute Gasteiger partial charge is 0.0897 e. The fraction of sp³-hybridized carbons (Fsp3) is 0.750. The summed E-state index contributed by atoms with van der Waals surface area (Å²) in [6.07, 6.45) is 5.89. The van der Waals surface area contributed by atoms with Crippen LogP contribution in [0.3, 0.4) is 0 Å². The van der Waals surface area contributed by atoms with E-state index >= 15 is 0 Å². The Labute approximate surface area is 101 Å². The molecule has 1 aliphatic rings. The molecular formula is C12H20N2OS. The molecule has 0 aromatic carbocycles. The number of aryl methyl sites for hydroxylation is 1. The quantitative estimate of drug-likeness (QED) is 0.878. The van der Waals surface area contributed by atoms with E-state index in [0.29, 0.717) is 6.10 Å². The maximum atomic E-state index is 6.13. The molecule has 0 saturated carbocycles. The zero-order valence-electron chi connectivity index (χ0n) is 9.82. The monoisotopic (exact) mass is 240 g/mol. The molecule has 1 saturated heterocycles. The van der Waals surface area contributed by atoms with E-state index < -0.39 is 0 Å². The average molecular weight is 240 g/mol. The molecule has 2 atom stereocenters. The average Bonchev–Trinajstić information content (AvgIpc) is 2.65. The normalized spacial score (nSPS) is 23.2. The molecule has 2 rings (SSSR count). The van der Waals surface area contributed by atoms with Crippen molar-refractivity contribution in [2.24, 2.45) is 5.73 Å². The zero-order chi connectivity index (χ0) is 11.4. The van der Waals surface area contributed by atoms with Gasteiger partial charge < -0.3 is 10.5 Å². The Kier molecular flexibility index (Phi) is 4.32. The van der Waals surface area contributed by atoms with Crippen LogP contribution in [0, 0.1) is 6.92 Å². The summed E-state index contributed by atoms with van der Waals surface area (Å²) in [5.74, 6) is 0. The molecule has 2 heterocycles. The fourth-order valence-electron chi connectivity index (χ4n) is 2.18. The van der Waals surface area contributed by atoms with E-state index in [9.17, 15) is 0 Å². The van der Waals surface area contributed by atoms with Gasteiger partial charge in [0, 0.05) is 24.4 Å². The van der Waals surface area contributed by atoms with Crippen molar-refractivity contribution >= 4 is 11.3 Å². The highest BCUT2D eigenvalue weighted by atomic mass is 32.1. The van der Waals surface area contributed by atoms with Crippen LogP contribution >= 0.6 is 11.3 Å². The van der Waals surface area contributed by atoms with E-state index in [1.807, 2.05) is 6.92 Å². The Morgan fingerprint density at radius 1 is 1.62 bits per heavy atom. The molecule has 2 unspecified atom stereocenters. The lowest BCUT2D eigenvalue weighted by molar-refractivity contribution is 0.00743.